The van der Waals surface area contributed by atoms with E-state index in [9.17, 15) is 14.4 Å². The van der Waals surface area contributed by atoms with E-state index in [1.54, 1.807) is 0 Å². The number of nitrogens with two attached hydrogens (primary N) is 1. The van der Waals surface area contributed by atoms with Crippen molar-refractivity contribution in [3.05, 3.63) is 40.5 Å². The van der Waals surface area contributed by atoms with Gasteiger partial charge in [-0.15, -0.1) is 0 Å². The maximum atomic E-state index is 11.9. The lowest BCUT2D eigenvalue weighted by Gasteiger charge is -2.16. The van der Waals surface area contributed by atoms with E-state index in [0.29, 0.717) is 6.29 Å². The van der Waals surface area contributed by atoms with Gasteiger partial charge in [0.05, 0.1) is 12.7 Å². The molecule has 0 aromatic carbocycles. The Morgan fingerprint density at radius 2 is 2.00 bits per heavy atom. The van der Waals surface area contributed by atoms with Crippen molar-refractivity contribution in [3.63, 3.8) is 0 Å². The van der Waals surface area contributed by atoms with Gasteiger partial charge in [0.1, 0.15) is 17.1 Å². The summed E-state index contributed by atoms with van der Waals surface area (Å²) in [7, 11) is 1.26. The standard InChI is InChI=1S/C11H8N2O4/c1-17-11-7(12)10(16)8-6(9(11)15)3-2-5(4-14)13-8/h2-4H,12H2,1H3. The summed E-state index contributed by atoms with van der Waals surface area (Å²) in [6, 6.07) is 2.71. The number of hydrogen-bond acceptors (Lipinski definition) is 6. The third kappa shape index (κ3) is 1.50. The summed E-state index contributed by atoms with van der Waals surface area (Å²) in [6.07, 6.45) is 0.490. The number of aldehydes is 1. The Morgan fingerprint density at radius 1 is 1.29 bits per heavy atom. The van der Waals surface area contributed by atoms with Gasteiger partial charge in [-0.05, 0) is 12.1 Å². The number of carbonyl (C=O) groups excluding carboxylic acids is 3. The zero-order valence-electron chi connectivity index (χ0n) is 8.89. The molecule has 0 saturated heterocycles. The first-order valence-corrected chi connectivity index (χ1v) is 4.69. The highest BCUT2D eigenvalue weighted by atomic mass is 16.5. The highest BCUT2D eigenvalue weighted by molar-refractivity contribution is 6.25. The first-order valence-electron chi connectivity index (χ1n) is 4.69. The first-order chi connectivity index (χ1) is 8.10. The molecule has 17 heavy (non-hydrogen) atoms. The molecule has 1 aromatic heterocycles. The molecule has 86 valence electrons. The molecule has 6 nitrogen and oxygen atoms in total. The summed E-state index contributed by atoms with van der Waals surface area (Å²) < 4.78 is 4.79. The molecule has 0 aliphatic heterocycles. The summed E-state index contributed by atoms with van der Waals surface area (Å²) in [6.45, 7) is 0. The van der Waals surface area contributed by atoms with Gasteiger partial charge in [-0.3, -0.25) is 14.4 Å². The van der Waals surface area contributed by atoms with Crippen LogP contribution in [0.1, 0.15) is 31.3 Å². The number of methoxy groups -OCH3 is 1. The van der Waals surface area contributed by atoms with Crippen molar-refractivity contribution in [2.75, 3.05) is 7.11 Å². The van der Waals surface area contributed by atoms with Gasteiger partial charge < -0.3 is 10.5 Å². The zero-order valence-corrected chi connectivity index (χ0v) is 8.89. The molecule has 2 rings (SSSR count). The van der Waals surface area contributed by atoms with Crippen molar-refractivity contribution < 1.29 is 19.1 Å². The molecule has 0 bridgehead atoms. The van der Waals surface area contributed by atoms with Gasteiger partial charge in [0.2, 0.25) is 11.6 Å². The van der Waals surface area contributed by atoms with Crippen molar-refractivity contribution in [3.8, 4) is 0 Å². The molecule has 1 heterocycles. The van der Waals surface area contributed by atoms with Gasteiger partial charge in [0.15, 0.2) is 12.0 Å². The van der Waals surface area contributed by atoms with E-state index < -0.39 is 11.6 Å². The van der Waals surface area contributed by atoms with Crippen molar-refractivity contribution in [1.82, 2.24) is 4.98 Å². The topological polar surface area (TPSA) is 99.3 Å². The van der Waals surface area contributed by atoms with Crippen LogP contribution in [0, 0.1) is 0 Å². The summed E-state index contributed by atoms with van der Waals surface area (Å²) in [5, 5.41) is 0. The van der Waals surface area contributed by atoms with E-state index in [4.69, 9.17) is 10.5 Å². The summed E-state index contributed by atoms with van der Waals surface area (Å²) >= 11 is 0. The Kier molecular flexibility index (Phi) is 2.47. The average molecular weight is 232 g/mol. The minimum Gasteiger partial charge on any atom is -0.491 e. The molecule has 1 aliphatic carbocycles. The number of ether oxygens (including phenoxy) is 1. The number of allylic oxidation sites excluding steroid dienone is 2. The number of fused-ring (bicyclic) bond motifs is 1. The molecular formula is C11H8N2O4. The SMILES string of the molecule is COC1=C(N)C(=O)c2nc(C=O)ccc2C1=O. The third-order valence-electron chi connectivity index (χ3n) is 2.40. The molecule has 0 saturated carbocycles. The molecule has 0 atom stereocenters. The molecule has 0 spiro atoms. The van der Waals surface area contributed by atoms with Crippen molar-refractivity contribution in [2.45, 2.75) is 0 Å². The number of ketones is 2. The second-order valence-corrected chi connectivity index (χ2v) is 3.36. The molecule has 6 heteroatoms. The van der Waals surface area contributed by atoms with Crippen LogP contribution in [0.5, 0.6) is 0 Å². The van der Waals surface area contributed by atoms with Gasteiger partial charge in [0.25, 0.3) is 0 Å². The van der Waals surface area contributed by atoms with Crippen LogP contribution in [0.25, 0.3) is 0 Å². The quantitative estimate of drug-likeness (QED) is 0.725. The van der Waals surface area contributed by atoms with E-state index in [-0.39, 0.29) is 28.4 Å². The minimum atomic E-state index is -0.611. The number of carbonyl (C=O) groups is 3. The second kappa shape index (κ2) is 3.82. The fraction of sp³-hybridized carbons (Fsp3) is 0.0909. The van der Waals surface area contributed by atoms with Crippen LogP contribution in [0.15, 0.2) is 23.6 Å². The van der Waals surface area contributed by atoms with Crippen LogP contribution in [-0.2, 0) is 4.74 Å². The Bertz CT molecular complexity index is 575. The normalized spacial score (nSPS) is 14.6. The van der Waals surface area contributed by atoms with Crippen molar-refractivity contribution >= 4 is 17.9 Å². The van der Waals surface area contributed by atoms with Gasteiger partial charge in [-0.25, -0.2) is 4.98 Å². The third-order valence-corrected chi connectivity index (χ3v) is 2.40. The maximum Gasteiger partial charge on any atom is 0.232 e. The molecular weight excluding hydrogens is 224 g/mol. The fourth-order valence-corrected chi connectivity index (χ4v) is 1.57. The lowest BCUT2D eigenvalue weighted by molar-refractivity contribution is 0.0901. The molecule has 2 N–H and O–H groups in total. The number of aromatic nitrogens is 1. The Hall–Kier alpha value is -2.50. The van der Waals surface area contributed by atoms with Gasteiger partial charge in [-0.1, -0.05) is 0 Å². The highest BCUT2D eigenvalue weighted by Crippen LogP contribution is 2.23. The van der Waals surface area contributed by atoms with E-state index in [1.165, 1.54) is 19.2 Å². The molecule has 0 fully saturated rings. The van der Waals surface area contributed by atoms with Crippen molar-refractivity contribution in [2.24, 2.45) is 5.73 Å². The Labute approximate surface area is 96.1 Å². The summed E-state index contributed by atoms with van der Waals surface area (Å²) in [5.74, 6) is -1.31. The molecule has 1 aliphatic rings. The van der Waals surface area contributed by atoms with Crippen molar-refractivity contribution in [1.29, 1.82) is 0 Å². The van der Waals surface area contributed by atoms with E-state index >= 15 is 0 Å². The number of Topliss-reactive ketones (excluding diaryl/α,β-unsaturated/α-hetero) is 2. The zero-order chi connectivity index (χ0) is 12.6. The lowest BCUT2D eigenvalue weighted by Crippen LogP contribution is -2.28. The molecule has 0 unspecified atom stereocenters. The van der Waals surface area contributed by atoms with Crippen LogP contribution in [-0.4, -0.2) is 29.9 Å². The number of hydrogen-bond donors (Lipinski definition) is 1. The van der Waals surface area contributed by atoms with E-state index in [0.717, 1.165) is 0 Å². The summed E-state index contributed by atoms with van der Waals surface area (Å²) in [5.41, 5.74) is 5.24. The number of pyridine rings is 1. The predicted molar refractivity (Wildman–Crippen MR) is 56.5 cm³/mol. The minimum absolute atomic E-state index is 0.0681. The number of rotatable bonds is 2. The molecule has 0 radical (unpaired) electrons. The van der Waals surface area contributed by atoms with Crippen LogP contribution in [0.4, 0.5) is 0 Å². The van der Waals surface area contributed by atoms with Crippen LogP contribution in [0.3, 0.4) is 0 Å². The lowest BCUT2D eigenvalue weighted by atomic mass is 9.95. The van der Waals surface area contributed by atoms with Gasteiger partial charge in [0, 0.05) is 0 Å². The van der Waals surface area contributed by atoms with E-state index in [2.05, 4.69) is 4.98 Å². The Balaban J connectivity index is 2.68. The Morgan fingerprint density at radius 3 is 2.59 bits per heavy atom. The largest absolute Gasteiger partial charge is 0.491 e. The fourth-order valence-electron chi connectivity index (χ4n) is 1.57. The maximum absolute atomic E-state index is 11.9. The first kappa shape index (κ1) is 11.0. The molecule has 1 aromatic rings. The van der Waals surface area contributed by atoms with E-state index in [1.807, 2.05) is 0 Å². The second-order valence-electron chi connectivity index (χ2n) is 3.36. The smallest absolute Gasteiger partial charge is 0.232 e. The summed E-state index contributed by atoms with van der Waals surface area (Å²) in [4.78, 5) is 38.0. The van der Waals surface area contributed by atoms with Crippen LogP contribution >= 0.6 is 0 Å². The highest BCUT2D eigenvalue weighted by Gasteiger charge is 2.33. The number of nitrogens with zero attached hydrogens (tertiary/aromatic N) is 1. The monoisotopic (exact) mass is 232 g/mol. The van der Waals surface area contributed by atoms with Gasteiger partial charge >= 0.3 is 0 Å². The van der Waals surface area contributed by atoms with Crippen LogP contribution in [0.2, 0.25) is 0 Å². The average Bonchev–Trinajstić information content (AvgIpc) is 2.36. The van der Waals surface area contributed by atoms with Crippen LogP contribution < -0.4 is 5.73 Å². The molecule has 0 amide bonds. The predicted octanol–water partition coefficient (Wildman–Crippen LogP) is 0.0898. The van der Waals surface area contributed by atoms with Gasteiger partial charge in [-0.2, -0.15) is 0 Å².